The van der Waals surface area contributed by atoms with Gasteiger partial charge in [-0.2, -0.15) is 13.2 Å². The first-order valence-electron chi connectivity index (χ1n) is 13.1. The summed E-state index contributed by atoms with van der Waals surface area (Å²) in [5.41, 5.74) is -0.488. The molecule has 0 aliphatic carbocycles. The predicted octanol–water partition coefficient (Wildman–Crippen LogP) is 3.77. The Balaban J connectivity index is 1.85. The SMILES string of the molecule is CN(C)C(=O)/C=C/CC[C@H](OC(=O)N(C)C)C(=O)Nc1cccn(Cc2nc3cc(F)ccc3n2CCC(F)(F)F)c1=O. The van der Waals surface area contributed by atoms with E-state index >= 15 is 0 Å². The fraction of sp³-hybridized carbons (Fsp3) is 0.393. The van der Waals surface area contributed by atoms with Gasteiger partial charge in [-0.05, 0) is 43.2 Å². The van der Waals surface area contributed by atoms with Crippen LogP contribution in [0.5, 0.6) is 0 Å². The van der Waals surface area contributed by atoms with Gasteiger partial charge in [0.1, 0.15) is 17.3 Å². The maximum atomic E-state index is 13.8. The molecule has 0 radical (unpaired) electrons. The zero-order chi connectivity index (χ0) is 31.9. The van der Waals surface area contributed by atoms with E-state index < -0.39 is 48.6 Å². The average molecular weight is 609 g/mol. The average Bonchev–Trinajstić information content (AvgIpc) is 3.26. The summed E-state index contributed by atoms with van der Waals surface area (Å²) in [4.78, 5) is 57.0. The number of hydrogen-bond donors (Lipinski definition) is 1. The van der Waals surface area contributed by atoms with Gasteiger partial charge in [-0.15, -0.1) is 0 Å². The molecule has 3 aromatic rings. The third kappa shape index (κ3) is 9.15. The number of halogens is 4. The van der Waals surface area contributed by atoms with Crippen LogP contribution in [0.2, 0.25) is 0 Å². The minimum Gasteiger partial charge on any atom is -0.436 e. The lowest BCUT2D eigenvalue weighted by molar-refractivity contribution is -0.136. The van der Waals surface area contributed by atoms with Crippen molar-refractivity contribution in [1.82, 2.24) is 23.9 Å². The third-order valence-electron chi connectivity index (χ3n) is 6.20. The van der Waals surface area contributed by atoms with Crippen molar-refractivity contribution in [3.8, 4) is 0 Å². The number of carbonyl (C=O) groups is 3. The molecule has 1 aromatic carbocycles. The maximum Gasteiger partial charge on any atom is 0.410 e. The first-order valence-corrected chi connectivity index (χ1v) is 13.1. The molecular formula is C28H32F4N6O5. The summed E-state index contributed by atoms with van der Waals surface area (Å²) in [7, 11) is 6.01. The molecule has 0 bridgehead atoms. The van der Waals surface area contributed by atoms with E-state index in [9.17, 15) is 36.7 Å². The van der Waals surface area contributed by atoms with Crippen LogP contribution in [0.25, 0.3) is 11.0 Å². The van der Waals surface area contributed by atoms with E-state index in [0.717, 1.165) is 21.6 Å². The van der Waals surface area contributed by atoms with E-state index in [4.69, 9.17) is 4.74 Å². The highest BCUT2D eigenvalue weighted by Gasteiger charge is 2.28. The summed E-state index contributed by atoms with van der Waals surface area (Å²) < 4.78 is 60.5. The number of ether oxygens (including phenoxy) is 1. The van der Waals surface area contributed by atoms with Crippen LogP contribution < -0.4 is 10.9 Å². The molecule has 11 nitrogen and oxygen atoms in total. The molecule has 1 N–H and O–H groups in total. The maximum absolute atomic E-state index is 13.8. The summed E-state index contributed by atoms with van der Waals surface area (Å²) in [6.07, 6.45) is -3.33. The number of nitrogens with zero attached hydrogens (tertiary/aromatic N) is 5. The van der Waals surface area contributed by atoms with E-state index in [1.165, 1.54) is 60.1 Å². The molecule has 2 aromatic heterocycles. The van der Waals surface area contributed by atoms with Crippen molar-refractivity contribution in [2.24, 2.45) is 0 Å². The van der Waals surface area contributed by atoms with Crippen LogP contribution in [0.1, 0.15) is 25.1 Å². The molecular weight excluding hydrogens is 576 g/mol. The van der Waals surface area contributed by atoms with Gasteiger partial charge in [-0.25, -0.2) is 14.2 Å². The molecule has 0 aliphatic heterocycles. The monoisotopic (exact) mass is 608 g/mol. The Morgan fingerprint density at radius 2 is 1.84 bits per heavy atom. The molecule has 15 heteroatoms. The number of hydrogen-bond acceptors (Lipinski definition) is 6. The summed E-state index contributed by atoms with van der Waals surface area (Å²) in [5.74, 6) is -1.61. The van der Waals surface area contributed by atoms with Gasteiger partial charge in [0.05, 0.1) is 24.0 Å². The minimum absolute atomic E-state index is 0.00341. The molecule has 1 atom stereocenters. The highest BCUT2D eigenvalue weighted by molar-refractivity contribution is 5.95. The normalized spacial score (nSPS) is 12.4. The van der Waals surface area contributed by atoms with Gasteiger partial charge in [0.15, 0.2) is 6.10 Å². The van der Waals surface area contributed by atoms with Crippen molar-refractivity contribution >= 4 is 34.6 Å². The summed E-state index contributed by atoms with van der Waals surface area (Å²) in [5, 5.41) is 2.45. The Bertz CT molecular complexity index is 1560. The van der Waals surface area contributed by atoms with Crippen molar-refractivity contribution in [2.45, 2.75) is 44.6 Å². The molecule has 0 saturated heterocycles. The quantitative estimate of drug-likeness (QED) is 0.262. The molecule has 232 valence electrons. The van der Waals surface area contributed by atoms with Crippen molar-refractivity contribution in [1.29, 1.82) is 0 Å². The number of nitrogens with one attached hydrogen (secondary N) is 1. The number of pyridine rings is 1. The zero-order valence-electron chi connectivity index (χ0n) is 24.0. The predicted molar refractivity (Wildman–Crippen MR) is 150 cm³/mol. The number of rotatable bonds is 11. The number of fused-ring (bicyclic) bond motifs is 1. The van der Waals surface area contributed by atoms with Gasteiger partial charge in [-0.3, -0.25) is 14.4 Å². The molecule has 0 fully saturated rings. The summed E-state index contributed by atoms with van der Waals surface area (Å²) in [6, 6.07) is 6.27. The molecule has 3 rings (SSSR count). The van der Waals surface area contributed by atoms with Crippen LogP contribution in [0, 0.1) is 5.82 Å². The molecule has 3 amide bonds. The van der Waals surface area contributed by atoms with Crippen LogP contribution in [0.3, 0.4) is 0 Å². The highest BCUT2D eigenvalue weighted by atomic mass is 19.4. The van der Waals surface area contributed by atoms with Crippen molar-refractivity contribution in [2.75, 3.05) is 33.5 Å². The van der Waals surface area contributed by atoms with Crippen LogP contribution in [0.15, 0.2) is 53.5 Å². The van der Waals surface area contributed by atoms with Crippen LogP contribution in [-0.4, -0.2) is 82.3 Å². The van der Waals surface area contributed by atoms with Gasteiger partial charge in [-0.1, -0.05) is 6.08 Å². The Hall–Kier alpha value is -4.69. The van der Waals surface area contributed by atoms with E-state index in [1.54, 1.807) is 14.1 Å². The lowest BCUT2D eigenvalue weighted by atomic mass is 10.1. The second-order valence-electron chi connectivity index (χ2n) is 10.0. The number of amides is 3. The Labute approximate surface area is 244 Å². The smallest absolute Gasteiger partial charge is 0.410 e. The van der Waals surface area contributed by atoms with Crippen LogP contribution in [0.4, 0.5) is 28.0 Å². The molecule has 0 aliphatic rings. The topological polar surface area (TPSA) is 119 Å². The second-order valence-corrected chi connectivity index (χ2v) is 10.0. The Morgan fingerprint density at radius 1 is 1.12 bits per heavy atom. The first kappa shape index (κ1) is 32.8. The second kappa shape index (κ2) is 14.0. The molecule has 0 spiro atoms. The van der Waals surface area contributed by atoms with Gasteiger partial charge >= 0.3 is 12.3 Å². The highest BCUT2D eigenvalue weighted by Crippen LogP contribution is 2.24. The van der Waals surface area contributed by atoms with Gasteiger partial charge in [0.2, 0.25) is 5.91 Å². The number of benzene rings is 1. The number of imidazole rings is 1. The van der Waals surface area contributed by atoms with Crippen molar-refractivity contribution in [3.63, 3.8) is 0 Å². The van der Waals surface area contributed by atoms with E-state index in [2.05, 4.69) is 10.3 Å². The summed E-state index contributed by atoms with van der Waals surface area (Å²) >= 11 is 0. The van der Waals surface area contributed by atoms with Gasteiger partial charge < -0.3 is 29.0 Å². The molecule has 0 unspecified atom stereocenters. The molecule has 43 heavy (non-hydrogen) atoms. The van der Waals surface area contributed by atoms with E-state index in [0.29, 0.717) is 0 Å². The van der Waals surface area contributed by atoms with Gasteiger partial charge in [0.25, 0.3) is 11.5 Å². The number of allylic oxidation sites excluding steroid dienone is 1. The van der Waals surface area contributed by atoms with Crippen molar-refractivity contribution < 1.29 is 36.7 Å². The number of anilines is 1. The van der Waals surface area contributed by atoms with E-state index in [1.807, 2.05) is 0 Å². The third-order valence-corrected chi connectivity index (χ3v) is 6.20. The lowest BCUT2D eigenvalue weighted by Crippen LogP contribution is -2.37. The van der Waals surface area contributed by atoms with Crippen LogP contribution in [-0.2, 0) is 27.4 Å². The lowest BCUT2D eigenvalue weighted by Gasteiger charge is -2.20. The number of carbonyl (C=O) groups excluding carboxylic acids is 3. The van der Waals surface area contributed by atoms with Crippen LogP contribution >= 0.6 is 0 Å². The number of aromatic nitrogens is 3. The van der Waals surface area contributed by atoms with Gasteiger partial charge in [0, 0.05) is 47.0 Å². The minimum atomic E-state index is -4.46. The first-order chi connectivity index (χ1) is 20.2. The van der Waals surface area contributed by atoms with Crippen molar-refractivity contribution in [3.05, 3.63) is 70.7 Å². The molecule has 0 saturated carbocycles. The Morgan fingerprint density at radius 3 is 2.49 bits per heavy atom. The van der Waals surface area contributed by atoms with E-state index in [-0.39, 0.29) is 47.8 Å². The largest absolute Gasteiger partial charge is 0.436 e. The number of aryl methyl sites for hydroxylation is 1. The standard InChI is InChI=1S/C28H32F4N6O5/c1-35(2)24(39)10-6-5-9-22(43-27(42)36(3)4)25(40)34-19-8-7-14-37(26(19)41)17-23-33-20-16-18(29)11-12-21(20)38(23)15-13-28(30,31)32/h6-8,10-12,14,16,22H,5,9,13,15,17H2,1-4H3,(H,34,40)/b10-6+/t22-/m0/s1. The fourth-order valence-electron chi connectivity index (χ4n) is 3.94. The summed E-state index contributed by atoms with van der Waals surface area (Å²) in [6.45, 7) is -0.778. The molecule has 2 heterocycles. The number of likely N-dealkylation sites (N-methyl/N-ethyl adjacent to an activating group) is 1. The Kier molecular flexibility index (Phi) is 10.7. The zero-order valence-corrected chi connectivity index (χ0v) is 24.0. The number of alkyl halides is 3. The fourth-order valence-corrected chi connectivity index (χ4v) is 3.94.